The molecule has 1 aromatic rings. The Hall–Kier alpha value is -1.60. The summed E-state index contributed by atoms with van der Waals surface area (Å²) in [6.07, 6.45) is 2.70. The molecule has 0 atom stereocenters. The molecular weight excluding hydrogens is 278 g/mol. The van der Waals surface area contributed by atoms with E-state index in [1.165, 1.54) is 0 Å². The van der Waals surface area contributed by atoms with Crippen LogP contribution < -0.4 is 15.8 Å². The van der Waals surface area contributed by atoms with Gasteiger partial charge >= 0.3 is 0 Å². The largest absolute Gasteiger partial charge is 0.399 e. The molecule has 7 heteroatoms. The highest BCUT2D eigenvalue weighted by molar-refractivity contribution is 7.88. The van der Waals surface area contributed by atoms with Crippen LogP contribution in [0.5, 0.6) is 0 Å². The number of sulfonamides is 1. The van der Waals surface area contributed by atoms with Crippen molar-refractivity contribution in [3.63, 3.8) is 0 Å². The van der Waals surface area contributed by atoms with Gasteiger partial charge in [-0.2, -0.15) is 0 Å². The predicted octanol–water partition coefficient (Wildman–Crippen LogP) is -0.0342. The van der Waals surface area contributed by atoms with Gasteiger partial charge in [0, 0.05) is 18.8 Å². The summed E-state index contributed by atoms with van der Waals surface area (Å²) in [6.45, 7) is 0.477. The maximum absolute atomic E-state index is 12.2. The SMILES string of the molecule is CS(=O)(=O)NCCNC(=O)C1(c2ccc(N)cc2)CC1. The van der Waals surface area contributed by atoms with Crippen LogP contribution in [-0.4, -0.2) is 33.7 Å². The number of benzene rings is 1. The van der Waals surface area contributed by atoms with Crippen molar-refractivity contribution < 1.29 is 13.2 Å². The molecule has 2 rings (SSSR count). The number of amides is 1. The molecule has 4 N–H and O–H groups in total. The summed E-state index contributed by atoms with van der Waals surface area (Å²) in [5.74, 6) is -0.0578. The molecule has 0 aromatic heterocycles. The van der Waals surface area contributed by atoms with Gasteiger partial charge < -0.3 is 11.1 Å². The molecule has 0 bridgehead atoms. The Morgan fingerprint density at radius 2 is 1.85 bits per heavy atom. The Labute approximate surface area is 118 Å². The quantitative estimate of drug-likeness (QED) is 0.507. The standard InChI is InChI=1S/C13H19N3O3S/c1-20(18,19)16-9-8-15-12(17)13(6-7-13)10-2-4-11(14)5-3-10/h2-5,16H,6-9,14H2,1H3,(H,15,17). The second-order valence-electron chi connectivity index (χ2n) is 5.13. The van der Waals surface area contributed by atoms with Crippen LogP contribution in [0.15, 0.2) is 24.3 Å². The molecule has 0 unspecified atom stereocenters. The minimum Gasteiger partial charge on any atom is -0.399 e. The third kappa shape index (κ3) is 3.49. The summed E-state index contributed by atoms with van der Waals surface area (Å²) >= 11 is 0. The Morgan fingerprint density at radius 1 is 1.25 bits per heavy atom. The van der Waals surface area contributed by atoms with Gasteiger partial charge in [-0.05, 0) is 30.5 Å². The van der Waals surface area contributed by atoms with Crippen LogP contribution in [0.3, 0.4) is 0 Å². The minimum absolute atomic E-state index is 0.0578. The van der Waals surface area contributed by atoms with Gasteiger partial charge in [-0.25, -0.2) is 13.1 Å². The van der Waals surface area contributed by atoms with E-state index in [0.29, 0.717) is 5.69 Å². The van der Waals surface area contributed by atoms with E-state index in [1.807, 2.05) is 12.1 Å². The fraction of sp³-hybridized carbons (Fsp3) is 0.462. The number of carbonyl (C=O) groups excluding carboxylic acids is 1. The normalized spacial score (nSPS) is 16.6. The number of anilines is 1. The first-order valence-corrected chi connectivity index (χ1v) is 8.32. The van der Waals surface area contributed by atoms with Crippen molar-refractivity contribution in [2.45, 2.75) is 18.3 Å². The zero-order valence-corrected chi connectivity index (χ0v) is 12.2. The fourth-order valence-corrected chi connectivity index (χ4v) is 2.63. The van der Waals surface area contributed by atoms with Crippen LogP contribution in [0.2, 0.25) is 0 Å². The fourth-order valence-electron chi connectivity index (χ4n) is 2.16. The molecule has 110 valence electrons. The lowest BCUT2D eigenvalue weighted by molar-refractivity contribution is -0.123. The van der Waals surface area contributed by atoms with Gasteiger partial charge in [-0.3, -0.25) is 4.79 Å². The maximum atomic E-state index is 12.2. The van der Waals surface area contributed by atoms with Crippen molar-refractivity contribution in [3.8, 4) is 0 Å². The van der Waals surface area contributed by atoms with E-state index in [4.69, 9.17) is 5.73 Å². The van der Waals surface area contributed by atoms with Crippen molar-refractivity contribution in [1.29, 1.82) is 0 Å². The molecule has 1 aromatic carbocycles. The highest BCUT2D eigenvalue weighted by atomic mass is 32.2. The van der Waals surface area contributed by atoms with E-state index < -0.39 is 15.4 Å². The Morgan fingerprint density at radius 3 is 2.35 bits per heavy atom. The molecule has 0 heterocycles. The molecule has 1 fully saturated rings. The third-order valence-electron chi connectivity index (χ3n) is 3.42. The number of rotatable bonds is 6. The van der Waals surface area contributed by atoms with Gasteiger partial charge in [0.2, 0.25) is 15.9 Å². The van der Waals surface area contributed by atoms with Crippen LogP contribution in [0.4, 0.5) is 5.69 Å². The maximum Gasteiger partial charge on any atom is 0.230 e. The lowest BCUT2D eigenvalue weighted by atomic mass is 9.95. The van der Waals surface area contributed by atoms with Crippen molar-refractivity contribution in [3.05, 3.63) is 29.8 Å². The van der Waals surface area contributed by atoms with E-state index in [-0.39, 0.29) is 19.0 Å². The predicted molar refractivity (Wildman–Crippen MR) is 77.6 cm³/mol. The minimum atomic E-state index is -3.21. The molecule has 0 aliphatic heterocycles. The lowest BCUT2D eigenvalue weighted by Gasteiger charge is -2.16. The topological polar surface area (TPSA) is 101 Å². The molecule has 1 aliphatic carbocycles. The summed E-state index contributed by atoms with van der Waals surface area (Å²) in [5, 5.41) is 2.77. The lowest BCUT2D eigenvalue weighted by Crippen LogP contribution is -2.39. The van der Waals surface area contributed by atoms with Gasteiger partial charge in [0.1, 0.15) is 0 Å². The molecule has 0 radical (unpaired) electrons. The monoisotopic (exact) mass is 297 g/mol. The van der Waals surface area contributed by atoms with Gasteiger partial charge in [-0.15, -0.1) is 0 Å². The second kappa shape index (κ2) is 5.41. The van der Waals surface area contributed by atoms with Crippen LogP contribution in [-0.2, 0) is 20.2 Å². The van der Waals surface area contributed by atoms with Crippen molar-refractivity contribution in [1.82, 2.24) is 10.0 Å². The summed E-state index contributed by atoms with van der Waals surface area (Å²) < 4.78 is 24.1. The molecule has 1 aliphatic rings. The van der Waals surface area contributed by atoms with E-state index in [2.05, 4.69) is 10.0 Å². The van der Waals surface area contributed by atoms with Crippen LogP contribution >= 0.6 is 0 Å². The molecule has 1 amide bonds. The Kier molecular flexibility index (Phi) is 4.01. The first-order valence-electron chi connectivity index (χ1n) is 6.42. The molecule has 6 nitrogen and oxygen atoms in total. The van der Waals surface area contributed by atoms with Crippen molar-refractivity contribution in [2.24, 2.45) is 0 Å². The van der Waals surface area contributed by atoms with Crippen LogP contribution in [0.25, 0.3) is 0 Å². The Balaban J connectivity index is 1.90. The van der Waals surface area contributed by atoms with E-state index in [0.717, 1.165) is 24.7 Å². The number of nitrogens with one attached hydrogen (secondary N) is 2. The number of nitrogen functional groups attached to an aromatic ring is 1. The molecule has 1 saturated carbocycles. The van der Waals surface area contributed by atoms with E-state index in [9.17, 15) is 13.2 Å². The highest BCUT2D eigenvalue weighted by Crippen LogP contribution is 2.48. The number of hydrogen-bond donors (Lipinski definition) is 3. The van der Waals surface area contributed by atoms with Gasteiger partial charge in [0.25, 0.3) is 0 Å². The molecule has 20 heavy (non-hydrogen) atoms. The highest BCUT2D eigenvalue weighted by Gasteiger charge is 2.50. The molecular formula is C13H19N3O3S. The zero-order valence-electron chi connectivity index (χ0n) is 11.3. The number of hydrogen-bond acceptors (Lipinski definition) is 4. The smallest absolute Gasteiger partial charge is 0.230 e. The van der Waals surface area contributed by atoms with Crippen molar-refractivity contribution >= 4 is 21.6 Å². The van der Waals surface area contributed by atoms with Crippen molar-refractivity contribution in [2.75, 3.05) is 25.1 Å². The first-order chi connectivity index (χ1) is 9.33. The summed E-state index contributed by atoms with van der Waals surface area (Å²) in [4.78, 5) is 12.2. The second-order valence-corrected chi connectivity index (χ2v) is 6.96. The van der Waals surface area contributed by atoms with Gasteiger partial charge in [0.15, 0.2) is 0 Å². The number of nitrogens with two attached hydrogens (primary N) is 1. The molecule has 0 saturated heterocycles. The summed E-state index contributed by atoms with van der Waals surface area (Å²) in [5.41, 5.74) is 6.81. The Bertz CT molecular complexity index is 592. The third-order valence-corrected chi connectivity index (χ3v) is 4.15. The number of carbonyl (C=O) groups is 1. The zero-order chi connectivity index (χ0) is 14.8. The average Bonchev–Trinajstić information content (AvgIpc) is 3.15. The van der Waals surface area contributed by atoms with Gasteiger partial charge in [0.05, 0.1) is 11.7 Å². The summed E-state index contributed by atoms with van der Waals surface area (Å²) in [6, 6.07) is 7.31. The molecule has 0 spiro atoms. The van der Waals surface area contributed by atoms with Crippen LogP contribution in [0.1, 0.15) is 18.4 Å². The summed E-state index contributed by atoms with van der Waals surface area (Å²) in [7, 11) is -3.21. The van der Waals surface area contributed by atoms with Crippen LogP contribution in [0, 0.1) is 0 Å². The van der Waals surface area contributed by atoms with Gasteiger partial charge in [-0.1, -0.05) is 12.1 Å². The van der Waals surface area contributed by atoms with E-state index in [1.54, 1.807) is 12.1 Å². The average molecular weight is 297 g/mol. The first kappa shape index (κ1) is 14.8. The van der Waals surface area contributed by atoms with E-state index >= 15 is 0 Å².